The maximum atomic E-state index is 16.2. The number of hydrogen-bond donors (Lipinski definition) is 3. The smallest absolute Gasteiger partial charge is 0.279 e. The van der Waals surface area contributed by atoms with Crippen molar-refractivity contribution in [2.24, 2.45) is 11.3 Å². The van der Waals surface area contributed by atoms with Gasteiger partial charge in [0.15, 0.2) is 0 Å². The Morgan fingerprint density at radius 2 is 2.12 bits per heavy atom. The zero-order valence-corrected chi connectivity index (χ0v) is 24.7. The molecule has 3 N–H and O–H groups in total. The van der Waals surface area contributed by atoms with Gasteiger partial charge in [-0.15, -0.1) is 11.8 Å². The molecule has 1 unspecified atom stereocenters. The van der Waals surface area contributed by atoms with Crippen molar-refractivity contribution in [2.75, 3.05) is 29.2 Å². The molecular formula is C32H33FN4O5S. The number of nitrogens with one attached hydrogen (secondary N) is 1. The Kier molecular flexibility index (Phi) is 9.12. The molecule has 11 heteroatoms. The number of para-hydroxylation sites is 1. The summed E-state index contributed by atoms with van der Waals surface area (Å²) in [5.74, 6) is 0.0562. The highest BCUT2D eigenvalue weighted by atomic mass is 32.2. The highest BCUT2D eigenvalue weighted by Gasteiger charge is 2.39. The van der Waals surface area contributed by atoms with Crippen molar-refractivity contribution >= 4 is 35.3 Å². The molecule has 0 bridgehead atoms. The predicted octanol–water partition coefficient (Wildman–Crippen LogP) is 5.64. The Hall–Kier alpha value is -4.22. The van der Waals surface area contributed by atoms with Crippen LogP contribution < -0.4 is 15.0 Å². The molecule has 1 aromatic heterocycles. The van der Waals surface area contributed by atoms with E-state index in [1.165, 1.54) is 35.6 Å². The minimum absolute atomic E-state index is 0.00772. The van der Waals surface area contributed by atoms with Gasteiger partial charge >= 0.3 is 0 Å². The van der Waals surface area contributed by atoms with E-state index >= 15 is 4.39 Å². The number of halogens is 1. The molecule has 1 amide bonds. The number of carbonyl (C=O) groups is 2. The van der Waals surface area contributed by atoms with E-state index in [1.54, 1.807) is 36.0 Å². The number of benzene rings is 2. The summed E-state index contributed by atoms with van der Waals surface area (Å²) in [6, 6.07) is 7.98. The second-order valence-electron chi connectivity index (χ2n) is 11.3. The second-order valence-corrected chi connectivity index (χ2v) is 12.2. The quantitative estimate of drug-likeness (QED) is 0.199. The molecule has 0 fully saturated rings. The third kappa shape index (κ3) is 6.57. The standard InChI is InChI=1S/C32H33FN4O5S/c1-32(2,9-12-38)15-25-23(17-39)30(22-7-6-21(14-24(22)33)42-18-20-8-13-43-19-20)37(31(41)26-16-34-10-11-35-26)27-4-3-5-28(40)29(27)36-25/h3-8,10-14,16,20,30,36,39-40H,9,15,17-19H2,1-2H3/t20?,30-/m0/s1. The summed E-state index contributed by atoms with van der Waals surface area (Å²) >= 11 is 1.70. The van der Waals surface area contributed by atoms with Crippen molar-refractivity contribution in [3.05, 3.63) is 94.8 Å². The summed E-state index contributed by atoms with van der Waals surface area (Å²) in [5.41, 5.74) is 0.745. The maximum Gasteiger partial charge on any atom is 0.279 e. The lowest BCUT2D eigenvalue weighted by Gasteiger charge is -2.33. The van der Waals surface area contributed by atoms with E-state index in [-0.39, 0.29) is 47.1 Å². The zero-order valence-electron chi connectivity index (χ0n) is 23.9. The lowest BCUT2D eigenvalue weighted by Crippen LogP contribution is -2.37. The number of amides is 1. The number of thioether (sulfide) groups is 1. The number of aromatic hydroxyl groups is 1. The van der Waals surface area contributed by atoms with Crippen LogP contribution in [-0.4, -0.2) is 51.3 Å². The van der Waals surface area contributed by atoms with E-state index in [4.69, 9.17) is 4.74 Å². The monoisotopic (exact) mass is 604 g/mol. The van der Waals surface area contributed by atoms with E-state index in [9.17, 15) is 19.8 Å². The Bertz CT molecular complexity index is 1560. The molecule has 0 radical (unpaired) electrons. The first-order chi connectivity index (χ1) is 20.7. The zero-order chi connectivity index (χ0) is 30.6. The molecule has 2 aliphatic rings. The molecule has 0 spiro atoms. The van der Waals surface area contributed by atoms with Gasteiger partial charge in [-0.05, 0) is 41.5 Å². The molecule has 224 valence electrons. The summed E-state index contributed by atoms with van der Waals surface area (Å²) in [6.07, 6.45) is 7.47. The maximum absolute atomic E-state index is 16.2. The van der Waals surface area contributed by atoms with E-state index in [2.05, 4.69) is 21.4 Å². The van der Waals surface area contributed by atoms with Gasteiger partial charge in [-0.2, -0.15) is 0 Å². The van der Waals surface area contributed by atoms with Crippen LogP contribution in [0.5, 0.6) is 11.5 Å². The highest BCUT2D eigenvalue weighted by Crippen LogP contribution is 2.48. The number of nitrogens with zero attached hydrogens (tertiary/aromatic N) is 3. The van der Waals surface area contributed by atoms with E-state index in [1.807, 2.05) is 19.3 Å². The predicted molar refractivity (Wildman–Crippen MR) is 163 cm³/mol. The number of phenols is 1. The molecule has 0 saturated heterocycles. The normalized spacial score (nSPS) is 18.2. The van der Waals surface area contributed by atoms with E-state index in [0.29, 0.717) is 23.6 Å². The van der Waals surface area contributed by atoms with Crippen molar-refractivity contribution in [3.8, 4) is 11.5 Å². The minimum atomic E-state index is -1.15. The Balaban J connectivity index is 1.68. The van der Waals surface area contributed by atoms with Gasteiger partial charge in [0.2, 0.25) is 0 Å². The van der Waals surface area contributed by atoms with Crippen molar-refractivity contribution < 1.29 is 28.9 Å². The number of allylic oxidation sites excluding steroid dienone is 1. The minimum Gasteiger partial charge on any atom is -0.506 e. The van der Waals surface area contributed by atoms with Crippen LogP contribution >= 0.6 is 11.8 Å². The fourth-order valence-electron chi connectivity index (χ4n) is 5.28. The third-order valence-electron chi connectivity index (χ3n) is 7.48. The third-order valence-corrected chi connectivity index (χ3v) is 8.45. The largest absolute Gasteiger partial charge is 0.506 e. The van der Waals surface area contributed by atoms with Crippen LogP contribution in [0.25, 0.3) is 0 Å². The number of aldehydes is 1. The summed E-state index contributed by atoms with van der Waals surface area (Å²) in [7, 11) is 0. The molecule has 43 heavy (non-hydrogen) atoms. The summed E-state index contributed by atoms with van der Waals surface area (Å²) in [6.45, 7) is 3.64. The van der Waals surface area contributed by atoms with Crippen molar-refractivity contribution in [1.29, 1.82) is 0 Å². The fourth-order valence-corrected chi connectivity index (χ4v) is 6.18. The first kappa shape index (κ1) is 30.2. The summed E-state index contributed by atoms with van der Waals surface area (Å²) in [4.78, 5) is 35.2. The van der Waals surface area contributed by atoms with Gasteiger partial charge in [-0.1, -0.05) is 26.0 Å². The molecular weight excluding hydrogens is 571 g/mol. The lowest BCUT2D eigenvalue weighted by atomic mass is 9.82. The lowest BCUT2D eigenvalue weighted by molar-refractivity contribution is -0.109. The Labute approximate surface area is 253 Å². The number of ether oxygens (including phenoxy) is 1. The summed E-state index contributed by atoms with van der Waals surface area (Å²) in [5, 5.41) is 27.1. The highest BCUT2D eigenvalue weighted by molar-refractivity contribution is 8.02. The number of carbonyl (C=O) groups excluding carboxylic acids is 2. The first-order valence-electron chi connectivity index (χ1n) is 13.9. The van der Waals surface area contributed by atoms with Gasteiger partial charge < -0.3 is 25.1 Å². The van der Waals surface area contributed by atoms with Gasteiger partial charge in [-0.25, -0.2) is 9.37 Å². The van der Waals surface area contributed by atoms with Crippen LogP contribution in [0.2, 0.25) is 0 Å². The number of hydrogen-bond acceptors (Lipinski definition) is 9. The number of aliphatic hydroxyl groups is 1. The fraction of sp³-hybridized carbons (Fsp3) is 0.312. The van der Waals surface area contributed by atoms with Gasteiger partial charge in [0, 0.05) is 53.4 Å². The topological polar surface area (TPSA) is 125 Å². The van der Waals surface area contributed by atoms with Crippen LogP contribution in [0, 0.1) is 17.2 Å². The SMILES string of the molecule is CC(C)(CC=O)CC1=C(CO)[C@H](c2ccc(OCC3C=CSC3)cc2F)N(C(=O)c2cnccn2)c2cccc(O)c2N1. The van der Waals surface area contributed by atoms with E-state index in [0.717, 1.165) is 12.0 Å². The van der Waals surface area contributed by atoms with Crippen molar-refractivity contribution in [1.82, 2.24) is 9.97 Å². The molecule has 5 rings (SSSR count). The Morgan fingerprint density at radius 3 is 2.79 bits per heavy atom. The van der Waals surface area contributed by atoms with Gasteiger partial charge in [0.1, 0.15) is 35.0 Å². The number of aliphatic hydroxyl groups excluding tert-OH is 1. The second kappa shape index (κ2) is 13.0. The molecule has 0 saturated carbocycles. The van der Waals surface area contributed by atoms with Gasteiger partial charge in [-0.3, -0.25) is 14.7 Å². The number of anilines is 2. The average molecular weight is 605 g/mol. The molecule has 3 heterocycles. The van der Waals surface area contributed by atoms with Gasteiger partial charge in [0.25, 0.3) is 5.91 Å². The average Bonchev–Trinajstić information content (AvgIpc) is 3.47. The number of aromatic nitrogens is 2. The summed E-state index contributed by atoms with van der Waals surface area (Å²) < 4.78 is 22.1. The molecule has 9 nitrogen and oxygen atoms in total. The van der Waals surface area contributed by atoms with Crippen LogP contribution in [0.1, 0.15) is 48.8 Å². The van der Waals surface area contributed by atoms with Crippen LogP contribution in [0.3, 0.4) is 0 Å². The van der Waals surface area contributed by atoms with Crippen LogP contribution in [0.4, 0.5) is 15.8 Å². The van der Waals surface area contributed by atoms with Crippen LogP contribution in [0.15, 0.2) is 77.7 Å². The van der Waals surface area contributed by atoms with Crippen molar-refractivity contribution in [2.45, 2.75) is 32.7 Å². The molecule has 0 aliphatic carbocycles. The van der Waals surface area contributed by atoms with E-state index < -0.39 is 29.8 Å². The number of fused-ring (bicyclic) bond motifs is 1. The van der Waals surface area contributed by atoms with Gasteiger partial charge in [0.05, 0.1) is 31.1 Å². The molecule has 3 aromatic rings. The van der Waals surface area contributed by atoms with Crippen molar-refractivity contribution in [3.63, 3.8) is 0 Å². The molecule has 2 atom stereocenters. The molecule has 2 aliphatic heterocycles. The molecule has 2 aromatic carbocycles. The number of phenolic OH excluding ortho intramolecular Hbond substituents is 1. The first-order valence-corrected chi connectivity index (χ1v) is 14.9. The van der Waals surface area contributed by atoms with Crippen LogP contribution in [-0.2, 0) is 4.79 Å². The number of rotatable bonds is 10. The Morgan fingerprint density at radius 1 is 1.28 bits per heavy atom.